The highest BCUT2D eigenvalue weighted by Gasteiger charge is 2.18. The van der Waals surface area contributed by atoms with Crippen molar-refractivity contribution in [3.05, 3.63) is 11.9 Å². The van der Waals surface area contributed by atoms with Crippen molar-refractivity contribution in [1.82, 2.24) is 9.97 Å². The first-order valence-electron chi connectivity index (χ1n) is 5.83. The van der Waals surface area contributed by atoms with Crippen LogP contribution in [0.2, 0.25) is 0 Å². The van der Waals surface area contributed by atoms with Gasteiger partial charge in [-0.05, 0) is 6.42 Å². The molecule has 0 atom stereocenters. The molecule has 0 aromatic carbocycles. The Balaban J connectivity index is 3.05. The number of hydrogen-bond acceptors (Lipinski definition) is 5. The van der Waals surface area contributed by atoms with Crippen molar-refractivity contribution < 1.29 is 13.9 Å². The van der Waals surface area contributed by atoms with E-state index in [4.69, 9.17) is 10.8 Å². The van der Waals surface area contributed by atoms with Gasteiger partial charge in [-0.2, -0.15) is 0 Å². The van der Waals surface area contributed by atoms with E-state index in [9.17, 15) is 8.78 Å². The summed E-state index contributed by atoms with van der Waals surface area (Å²) in [5.41, 5.74) is 6.41. The minimum absolute atomic E-state index is 0.0947. The normalized spacial score (nSPS) is 10.9. The summed E-state index contributed by atoms with van der Waals surface area (Å²) in [5.74, 6) is 0.692. The molecule has 0 radical (unpaired) electrons. The first-order valence-corrected chi connectivity index (χ1v) is 5.83. The number of aliphatic hydroxyl groups excluding tert-OH is 1. The summed E-state index contributed by atoms with van der Waals surface area (Å²) in [6, 6.07) is 0. The number of alkyl halides is 2. The minimum Gasteiger partial charge on any atom is -0.395 e. The molecule has 1 rings (SSSR count). The second-order valence-corrected chi connectivity index (χ2v) is 3.87. The average Bonchev–Trinajstić information content (AvgIpc) is 2.31. The Labute approximate surface area is 105 Å². The molecule has 0 aliphatic heterocycles. The zero-order chi connectivity index (χ0) is 13.5. The van der Waals surface area contributed by atoms with Crippen LogP contribution >= 0.6 is 0 Å². The van der Waals surface area contributed by atoms with Gasteiger partial charge in [0.15, 0.2) is 0 Å². The number of halogens is 2. The topological polar surface area (TPSA) is 75.3 Å². The monoisotopic (exact) mass is 260 g/mol. The highest BCUT2D eigenvalue weighted by atomic mass is 19.3. The summed E-state index contributed by atoms with van der Waals surface area (Å²) in [6.07, 6.45) is 0.182. The third-order valence-electron chi connectivity index (χ3n) is 2.48. The van der Waals surface area contributed by atoms with Gasteiger partial charge in [0.25, 0.3) is 6.43 Å². The summed E-state index contributed by atoms with van der Waals surface area (Å²) >= 11 is 0. The number of anilines is 2. The number of aliphatic hydroxyl groups is 1. The second-order valence-electron chi connectivity index (χ2n) is 3.87. The van der Waals surface area contributed by atoms with Crippen molar-refractivity contribution >= 4 is 11.6 Å². The highest BCUT2D eigenvalue weighted by molar-refractivity contribution is 5.56. The van der Waals surface area contributed by atoms with Gasteiger partial charge in [-0.1, -0.05) is 13.3 Å². The van der Waals surface area contributed by atoms with Crippen LogP contribution in [0.15, 0.2) is 6.33 Å². The molecule has 7 heteroatoms. The molecule has 0 aliphatic rings. The van der Waals surface area contributed by atoms with Gasteiger partial charge in [0, 0.05) is 12.1 Å². The molecular formula is C11H18F2N4O. The van der Waals surface area contributed by atoms with Crippen LogP contribution in [-0.4, -0.2) is 41.2 Å². The second kappa shape index (κ2) is 7.05. The van der Waals surface area contributed by atoms with Gasteiger partial charge in [0.05, 0.1) is 13.2 Å². The standard InChI is InChI=1S/C11H18F2N4O/c1-2-3-8-10(14)15-7-16-11(8)17(4-5-18)6-9(12)13/h7,9,18H,2-6H2,1H3,(H2,14,15,16). The number of aromatic nitrogens is 2. The molecule has 1 heterocycles. The van der Waals surface area contributed by atoms with Crippen molar-refractivity contribution in [2.45, 2.75) is 26.2 Å². The van der Waals surface area contributed by atoms with Crippen LogP contribution in [0.25, 0.3) is 0 Å². The first kappa shape index (κ1) is 14.6. The third-order valence-corrected chi connectivity index (χ3v) is 2.48. The molecular weight excluding hydrogens is 242 g/mol. The molecule has 0 saturated carbocycles. The summed E-state index contributed by atoms with van der Waals surface area (Å²) in [7, 11) is 0. The number of nitrogens with two attached hydrogens (primary N) is 1. The maximum absolute atomic E-state index is 12.5. The quantitative estimate of drug-likeness (QED) is 0.767. The predicted molar refractivity (Wildman–Crippen MR) is 65.7 cm³/mol. The van der Waals surface area contributed by atoms with E-state index < -0.39 is 13.0 Å². The Morgan fingerprint density at radius 3 is 2.72 bits per heavy atom. The molecule has 0 bridgehead atoms. The smallest absolute Gasteiger partial charge is 0.255 e. The van der Waals surface area contributed by atoms with Crippen molar-refractivity contribution in [1.29, 1.82) is 0 Å². The summed E-state index contributed by atoms with van der Waals surface area (Å²) in [4.78, 5) is 9.23. The fourth-order valence-corrected chi connectivity index (χ4v) is 1.75. The van der Waals surface area contributed by atoms with E-state index in [-0.39, 0.29) is 13.2 Å². The molecule has 3 N–H and O–H groups in total. The number of rotatable bonds is 7. The van der Waals surface area contributed by atoms with Gasteiger partial charge in [0.2, 0.25) is 0 Å². The third kappa shape index (κ3) is 3.76. The molecule has 18 heavy (non-hydrogen) atoms. The van der Waals surface area contributed by atoms with E-state index in [0.717, 1.165) is 6.42 Å². The molecule has 0 spiro atoms. The Kier molecular flexibility index (Phi) is 5.70. The largest absolute Gasteiger partial charge is 0.395 e. The van der Waals surface area contributed by atoms with E-state index in [2.05, 4.69) is 9.97 Å². The Bertz CT molecular complexity index is 376. The van der Waals surface area contributed by atoms with E-state index in [1.165, 1.54) is 11.2 Å². The zero-order valence-electron chi connectivity index (χ0n) is 10.3. The van der Waals surface area contributed by atoms with Crippen LogP contribution < -0.4 is 10.6 Å². The fraction of sp³-hybridized carbons (Fsp3) is 0.636. The Morgan fingerprint density at radius 1 is 1.44 bits per heavy atom. The van der Waals surface area contributed by atoms with Crippen LogP contribution in [0.4, 0.5) is 20.4 Å². The van der Waals surface area contributed by atoms with Crippen molar-refractivity contribution in [3.63, 3.8) is 0 Å². The van der Waals surface area contributed by atoms with Crippen molar-refractivity contribution in [2.24, 2.45) is 0 Å². The lowest BCUT2D eigenvalue weighted by molar-refractivity contribution is 0.152. The van der Waals surface area contributed by atoms with E-state index in [0.29, 0.717) is 23.6 Å². The van der Waals surface area contributed by atoms with Gasteiger partial charge in [-0.25, -0.2) is 18.7 Å². The zero-order valence-corrected chi connectivity index (χ0v) is 10.3. The predicted octanol–water partition coefficient (Wildman–Crippen LogP) is 1.08. The number of hydrogen-bond donors (Lipinski definition) is 2. The molecule has 0 fully saturated rings. The van der Waals surface area contributed by atoms with Crippen LogP contribution in [0.3, 0.4) is 0 Å². The molecule has 1 aromatic rings. The van der Waals surface area contributed by atoms with Gasteiger partial charge in [-0.3, -0.25) is 0 Å². The minimum atomic E-state index is -2.50. The van der Waals surface area contributed by atoms with Gasteiger partial charge in [-0.15, -0.1) is 0 Å². The molecule has 1 aromatic heterocycles. The lowest BCUT2D eigenvalue weighted by atomic mass is 10.1. The van der Waals surface area contributed by atoms with E-state index >= 15 is 0 Å². The lowest BCUT2D eigenvalue weighted by Gasteiger charge is -2.25. The van der Waals surface area contributed by atoms with E-state index in [1.807, 2.05) is 6.92 Å². The summed E-state index contributed by atoms with van der Waals surface area (Å²) in [6.45, 7) is 1.35. The Morgan fingerprint density at radius 2 is 2.17 bits per heavy atom. The summed E-state index contributed by atoms with van der Waals surface area (Å²) in [5, 5.41) is 8.94. The first-order chi connectivity index (χ1) is 8.60. The molecule has 0 aliphatic carbocycles. The maximum Gasteiger partial charge on any atom is 0.255 e. The van der Waals surface area contributed by atoms with Crippen molar-refractivity contribution in [3.8, 4) is 0 Å². The fourth-order valence-electron chi connectivity index (χ4n) is 1.75. The van der Waals surface area contributed by atoms with Crippen LogP contribution in [0.1, 0.15) is 18.9 Å². The van der Waals surface area contributed by atoms with Crippen LogP contribution in [-0.2, 0) is 6.42 Å². The SMILES string of the molecule is CCCc1c(N)ncnc1N(CCO)CC(F)F. The van der Waals surface area contributed by atoms with Gasteiger partial charge < -0.3 is 15.7 Å². The van der Waals surface area contributed by atoms with Gasteiger partial charge >= 0.3 is 0 Å². The highest BCUT2D eigenvalue weighted by Crippen LogP contribution is 2.23. The molecule has 5 nitrogen and oxygen atoms in total. The van der Waals surface area contributed by atoms with Crippen molar-refractivity contribution in [2.75, 3.05) is 30.3 Å². The number of nitrogens with zero attached hydrogens (tertiary/aromatic N) is 3. The van der Waals surface area contributed by atoms with E-state index in [1.54, 1.807) is 0 Å². The molecule has 0 saturated heterocycles. The van der Waals surface area contributed by atoms with Gasteiger partial charge in [0.1, 0.15) is 18.0 Å². The molecule has 0 amide bonds. The molecule has 102 valence electrons. The molecule has 0 unspecified atom stereocenters. The average molecular weight is 260 g/mol. The lowest BCUT2D eigenvalue weighted by Crippen LogP contribution is -2.33. The van der Waals surface area contributed by atoms with Crippen LogP contribution in [0, 0.1) is 0 Å². The Hall–Kier alpha value is -1.50. The number of nitrogen functional groups attached to an aromatic ring is 1. The maximum atomic E-state index is 12.5. The summed E-state index contributed by atoms with van der Waals surface area (Å²) < 4.78 is 25.0. The van der Waals surface area contributed by atoms with Crippen LogP contribution in [0.5, 0.6) is 0 Å².